The molecule has 1 rings (SSSR count). The van der Waals surface area contributed by atoms with E-state index in [1.165, 1.54) is 12.8 Å². The molecule has 0 aromatic heterocycles. The molecular weight excluding hydrogens is 214 g/mol. The van der Waals surface area contributed by atoms with Crippen LogP contribution in [-0.2, 0) is 9.53 Å². The molecule has 100 valence electrons. The Morgan fingerprint density at radius 2 is 2.18 bits per heavy atom. The first-order chi connectivity index (χ1) is 7.85. The van der Waals surface area contributed by atoms with Crippen molar-refractivity contribution < 1.29 is 9.53 Å². The third-order valence-corrected chi connectivity index (χ3v) is 3.80. The lowest BCUT2D eigenvalue weighted by molar-refractivity contribution is -0.145. The van der Waals surface area contributed by atoms with Crippen LogP contribution in [0.2, 0.25) is 0 Å². The molecule has 0 aromatic rings. The summed E-state index contributed by atoms with van der Waals surface area (Å²) in [5, 5.41) is 3.42. The third-order valence-electron chi connectivity index (χ3n) is 3.80. The van der Waals surface area contributed by atoms with Gasteiger partial charge in [-0.3, -0.25) is 4.79 Å². The molecule has 0 bridgehead atoms. The van der Waals surface area contributed by atoms with Gasteiger partial charge in [-0.25, -0.2) is 0 Å². The Kier molecular flexibility index (Phi) is 4.99. The van der Waals surface area contributed by atoms with Gasteiger partial charge in [0.2, 0.25) is 0 Å². The number of esters is 1. The van der Waals surface area contributed by atoms with E-state index in [1.807, 2.05) is 13.8 Å². The zero-order valence-corrected chi connectivity index (χ0v) is 11.9. The van der Waals surface area contributed by atoms with Crippen molar-refractivity contribution in [2.24, 2.45) is 11.3 Å². The van der Waals surface area contributed by atoms with E-state index in [9.17, 15) is 4.79 Å². The van der Waals surface area contributed by atoms with Gasteiger partial charge < -0.3 is 10.1 Å². The van der Waals surface area contributed by atoms with E-state index in [2.05, 4.69) is 26.1 Å². The fourth-order valence-corrected chi connectivity index (χ4v) is 2.85. The van der Waals surface area contributed by atoms with Gasteiger partial charge in [0, 0.05) is 6.04 Å². The summed E-state index contributed by atoms with van der Waals surface area (Å²) < 4.78 is 5.02. The molecule has 0 saturated heterocycles. The fourth-order valence-electron chi connectivity index (χ4n) is 2.85. The van der Waals surface area contributed by atoms with Gasteiger partial charge in [0.05, 0.1) is 6.61 Å². The number of hydrogen-bond acceptors (Lipinski definition) is 3. The predicted octanol–water partition coefficient (Wildman–Crippen LogP) is 2.74. The highest BCUT2D eigenvalue weighted by Crippen LogP contribution is 2.38. The van der Waals surface area contributed by atoms with Crippen molar-refractivity contribution in [3.63, 3.8) is 0 Å². The van der Waals surface area contributed by atoms with Gasteiger partial charge in [-0.2, -0.15) is 0 Å². The molecule has 1 fully saturated rings. The Hall–Kier alpha value is -0.570. The Labute approximate surface area is 105 Å². The number of rotatable bonds is 4. The minimum Gasteiger partial charge on any atom is -0.465 e. The van der Waals surface area contributed by atoms with Gasteiger partial charge in [-0.05, 0) is 44.4 Å². The highest BCUT2D eigenvalue weighted by molar-refractivity contribution is 5.75. The molecule has 3 atom stereocenters. The second-order valence-corrected chi connectivity index (χ2v) is 6.13. The molecule has 17 heavy (non-hydrogen) atoms. The number of nitrogens with one attached hydrogen (secondary N) is 1. The largest absolute Gasteiger partial charge is 0.465 e. The van der Waals surface area contributed by atoms with Crippen molar-refractivity contribution in [1.82, 2.24) is 5.32 Å². The summed E-state index contributed by atoms with van der Waals surface area (Å²) in [7, 11) is 0. The fraction of sp³-hybridized carbons (Fsp3) is 0.929. The zero-order chi connectivity index (χ0) is 13.1. The van der Waals surface area contributed by atoms with Crippen molar-refractivity contribution in [3.8, 4) is 0 Å². The summed E-state index contributed by atoms with van der Waals surface area (Å²) in [6.07, 6.45) is 3.60. The van der Waals surface area contributed by atoms with Crippen LogP contribution in [0.1, 0.15) is 53.9 Å². The minimum absolute atomic E-state index is 0.135. The Morgan fingerprint density at radius 3 is 2.71 bits per heavy atom. The molecule has 0 aromatic carbocycles. The van der Waals surface area contributed by atoms with Crippen LogP contribution in [0.3, 0.4) is 0 Å². The van der Waals surface area contributed by atoms with E-state index in [0.29, 0.717) is 24.0 Å². The van der Waals surface area contributed by atoms with Crippen molar-refractivity contribution in [2.45, 2.75) is 66.0 Å². The number of carbonyl (C=O) groups is 1. The molecule has 1 N–H and O–H groups in total. The third kappa shape index (κ3) is 4.30. The lowest BCUT2D eigenvalue weighted by atomic mass is 9.70. The number of carbonyl (C=O) groups excluding carboxylic acids is 1. The molecule has 1 aliphatic rings. The normalized spacial score (nSPS) is 29.7. The first kappa shape index (κ1) is 14.5. The molecule has 0 heterocycles. The molecule has 0 spiro atoms. The minimum atomic E-state index is -0.191. The lowest BCUT2D eigenvalue weighted by Crippen LogP contribution is -2.48. The predicted molar refractivity (Wildman–Crippen MR) is 69.8 cm³/mol. The maximum atomic E-state index is 11.6. The molecule has 3 heteroatoms. The molecule has 0 amide bonds. The molecule has 3 nitrogen and oxygen atoms in total. The second kappa shape index (κ2) is 5.85. The molecule has 0 aliphatic heterocycles. The Balaban J connectivity index is 2.44. The summed E-state index contributed by atoms with van der Waals surface area (Å²) in [5.41, 5.74) is 0.449. The standard InChI is InChI=1S/C14H27NO2/c1-6-17-13(16)11(3)15-12-7-8-14(4,5)9-10(12)2/h10-12,15H,6-9H2,1-5H3. The van der Waals surface area contributed by atoms with Crippen LogP contribution in [0.4, 0.5) is 0 Å². The van der Waals surface area contributed by atoms with Gasteiger partial charge in [-0.15, -0.1) is 0 Å². The van der Waals surface area contributed by atoms with Crippen LogP contribution >= 0.6 is 0 Å². The van der Waals surface area contributed by atoms with Crippen LogP contribution in [-0.4, -0.2) is 24.7 Å². The first-order valence-corrected chi connectivity index (χ1v) is 6.78. The van der Waals surface area contributed by atoms with Gasteiger partial charge in [0.15, 0.2) is 0 Å². The van der Waals surface area contributed by atoms with Crippen molar-refractivity contribution >= 4 is 5.97 Å². The van der Waals surface area contributed by atoms with Crippen molar-refractivity contribution in [2.75, 3.05) is 6.61 Å². The average Bonchev–Trinajstić information content (AvgIpc) is 2.21. The van der Waals surface area contributed by atoms with Crippen LogP contribution < -0.4 is 5.32 Å². The maximum Gasteiger partial charge on any atom is 0.322 e. The van der Waals surface area contributed by atoms with E-state index in [1.54, 1.807) is 0 Å². The summed E-state index contributed by atoms with van der Waals surface area (Å²) >= 11 is 0. The number of hydrogen-bond donors (Lipinski definition) is 1. The van der Waals surface area contributed by atoms with Crippen LogP contribution in [0.15, 0.2) is 0 Å². The molecular formula is C14H27NO2. The molecule has 1 saturated carbocycles. The van der Waals surface area contributed by atoms with Gasteiger partial charge in [-0.1, -0.05) is 20.8 Å². The SMILES string of the molecule is CCOC(=O)C(C)NC1CCC(C)(C)CC1C. The van der Waals surface area contributed by atoms with Gasteiger partial charge in [0.1, 0.15) is 6.04 Å². The van der Waals surface area contributed by atoms with E-state index < -0.39 is 0 Å². The van der Waals surface area contributed by atoms with Crippen molar-refractivity contribution in [3.05, 3.63) is 0 Å². The summed E-state index contributed by atoms with van der Waals surface area (Å²) in [6.45, 7) is 11.1. The molecule has 0 radical (unpaired) electrons. The second-order valence-electron chi connectivity index (χ2n) is 6.13. The summed E-state index contributed by atoms with van der Waals surface area (Å²) in [4.78, 5) is 11.6. The van der Waals surface area contributed by atoms with Crippen LogP contribution in [0, 0.1) is 11.3 Å². The van der Waals surface area contributed by atoms with Crippen LogP contribution in [0.25, 0.3) is 0 Å². The lowest BCUT2D eigenvalue weighted by Gasteiger charge is -2.40. The van der Waals surface area contributed by atoms with E-state index in [0.717, 1.165) is 6.42 Å². The topological polar surface area (TPSA) is 38.3 Å². The Bertz CT molecular complexity index is 263. The number of ether oxygens (including phenoxy) is 1. The zero-order valence-electron chi connectivity index (χ0n) is 11.9. The maximum absolute atomic E-state index is 11.6. The summed E-state index contributed by atoms with van der Waals surface area (Å²) in [5.74, 6) is 0.486. The first-order valence-electron chi connectivity index (χ1n) is 6.78. The van der Waals surface area contributed by atoms with Gasteiger partial charge >= 0.3 is 5.97 Å². The monoisotopic (exact) mass is 241 g/mol. The quantitative estimate of drug-likeness (QED) is 0.769. The van der Waals surface area contributed by atoms with E-state index in [-0.39, 0.29) is 12.0 Å². The van der Waals surface area contributed by atoms with Gasteiger partial charge in [0.25, 0.3) is 0 Å². The summed E-state index contributed by atoms with van der Waals surface area (Å²) in [6, 6.07) is 0.256. The van der Waals surface area contributed by atoms with Crippen molar-refractivity contribution in [1.29, 1.82) is 0 Å². The average molecular weight is 241 g/mol. The van der Waals surface area contributed by atoms with E-state index >= 15 is 0 Å². The highest BCUT2D eigenvalue weighted by atomic mass is 16.5. The Morgan fingerprint density at radius 1 is 1.53 bits per heavy atom. The highest BCUT2D eigenvalue weighted by Gasteiger charge is 2.33. The smallest absolute Gasteiger partial charge is 0.322 e. The molecule has 3 unspecified atom stereocenters. The molecule has 1 aliphatic carbocycles. The van der Waals surface area contributed by atoms with E-state index in [4.69, 9.17) is 4.74 Å². The van der Waals surface area contributed by atoms with Crippen LogP contribution in [0.5, 0.6) is 0 Å².